The Morgan fingerprint density at radius 1 is 1.73 bits per heavy atom. The molecule has 0 aliphatic carbocycles. The van der Waals surface area contributed by atoms with E-state index in [1.165, 1.54) is 6.20 Å². The molecule has 1 heterocycles. The maximum atomic E-state index is 11.5. The maximum Gasteiger partial charge on any atom is 0.322 e. The van der Waals surface area contributed by atoms with Crippen LogP contribution in [0.4, 0.5) is 16.3 Å². The summed E-state index contributed by atoms with van der Waals surface area (Å²) in [7, 11) is 1.71. The van der Waals surface area contributed by atoms with Gasteiger partial charge in [-0.15, -0.1) is 0 Å². The molecule has 2 amide bonds. The number of carbonyl (C=O) groups is 1. The molecule has 0 aliphatic rings. The number of hydrogen-bond donors (Lipinski definition) is 2. The fourth-order valence-corrected chi connectivity index (χ4v) is 1.35. The summed E-state index contributed by atoms with van der Waals surface area (Å²) in [6.07, 6.45) is 1.49. The highest BCUT2D eigenvalue weighted by molar-refractivity contribution is 9.10. The SMILES string of the molecule is CCN(C)C(=O)Nc1ncc(N)cc1Br. The summed E-state index contributed by atoms with van der Waals surface area (Å²) in [5, 5.41) is 2.66. The predicted molar refractivity (Wildman–Crippen MR) is 63.7 cm³/mol. The van der Waals surface area contributed by atoms with E-state index in [0.717, 1.165) is 0 Å². The third-order valence-electron chi connectivity index (χ3n) is 1.91. The lowest BCUT2D eigenvalue weighted by atomic mass is 10.4. The van der Waals surface area contributed by atoms with E-state index in [0.29, 0.717) is 22.5 Å². The van der Waals surface area contributed by atoms with E-state index in [1.54, 1.807) is 18.0 Å². The van der Waals surface area contributed by atoms with Crippen LogP contribution in [-0.2, 0) is 0 Å². The van der Waals surface area contributed by atoms with Crippen molar-refractivity contribution in [1.29, 1.82) is 0 Å². The van der Waals surface area contributed by atoms with Crippen LogP contribution < -0.4 is 11.1 Å². The number of nitrogens with zero attached hydrogens (tertiary/aromatic N) is 2. The molecule has 0 unspecified atom stereocenters. The molecule has 0 fully saturated rings. The summed E-state index contributed by atoms with van der Waals surface area (Å²) in [6.45, 7) is 2.53. The number of nitrogen functional groups attached to an aromatic ring is 1. The van der Waals surface area contributed by atoms with Crippen LogP contribution in [0.5, 0.6) is 0 Å². The van der Waals surface area contributed by atoms with Crippen molar-refractivity contribution in [3.8, 4) is 0 Å². The molecule has 1 aromatic heterocycles. The van der Waals surface area contributed by atoms with Crippen LogP contribution >= 0.6 is 15.9 Å². The van der Waals surface area contributed by atoms with Crippen molar-refractivity contribution >= 4 is 33.5 Å². The van der Waals surface area contributed by atoms with E-state index in [9.17, 15) is 4.79 Å². The molecule has 0 saturated carbocycles. The number of nitrogens with two attached hydrogens (primary N) is 1. The number of aromatic nitrogens is 1. The summed E-state index contributed by atoms with van der Waals surface area (Å²) >= 11 is 3.27. The average Bonchev–Trinajstić information content (AvgIpc) is 2.20. The fourth-order valence-electron chi connectivity index (χ4n) is 0.885. The minimum atomic E-state index is -0.199. The molecule has 0 bridgehead atoms. The molecule has 1 aromatic rings. The number of pyridine rings is 1. The number of nitrogens with one attached hydrogen (secondary N) is 1. The number of anilines is 2. The predicted octanol–water partition coefficient (Wildman–Crippen LogP) is 1.91. The minimum Gasteiger partial charge on any atom is -0.397 e. The molecule has 0 atom stereocenters. The number of halogens is 1. The zero-order valence-electron chi connectivity index (χ0n) is 8.62. The normalized spacial score (nSPS) is 9.80. The zero-order valence-corrected chi connectivity index (χ0v) is 10.2. The Bertz CT molecular complexity index is 369. The van der Waals surface area contributed by atoms with Crippen molar-refractivity contribution in [3.63, 3.8) is 0 Å². The van der Waals surface area contributed by atoms with E-state index in [-0.39, 0.29) is 6.03 Å². The van der Waals surface area contributed by atoms with E-state index in [2.05, 4.69) is 26.2 Å². The van der Waals surface area contributed by atoms with Crippen molar-refractivity contribution in [1.82, 2.24) is 9.88 Å². The van der Waals surface area contributed by atoms with Gasteiger partial charge < -0.3 is 10.6 Å². The van der Waals surface area contributed by atoms with E-state index in [4.69, 9.17) is 5.73 Å². The van der Waals surface area contributed by atoms with Gasteiger partial charge in [-0.1, -0.05) is 0 Å². The van der Waals surface area contributed by atoms with Crippen molar-refractivity contribution in [3.05, 3.63) is 16.7 Å². The van der Waals surface area contributed by atoms with Crippen LogP contribution in [0.3, 0.4) is 0 Å². The zero-order chi connectivity index (χ0) is 11.4. The van der Waals surface area contributed by atoms with Crippen LogP contribution in [0.15, 0.2) is 16.7 Å². The smallest absolute Gasteiger partial charge is 0.322 e. The molecule has 82 valence electrons. The fraction of sp³-hybridized carbons (Fsp3) is 0.333. The number of amides is 2. The Labute approximate surface area is 96.8 Å². The lowest BCUT2D eigenvalue weighted by Gasteiger charge is -2.15. The molecular weight excluding hydrogens is 260 g/mol. The summed E-state index contributed by atoms with van der Waals surface area (Å²) in [4.78, 5) is 17.1. The Morgan fingerprint density at radius 2 is 2.40 bits per heavy atom. The van der Waals surface area contributed by atoms with Gasteiger partial charge in [0.2, 0.25) is 0 Å². The standard InChI is InChI=1S/C9H13BrN4O/c1-3-14(2)9(15)13-8-7(10)4-6(11)5-12-8/h4-5H,3,11H2,1-2H3,(H,12,13,15). The molecule has 15 heavy (non-hydrogen) atoms. The van der Waals surface area contributed by atoms with E-state index >= 15 is 0 Å². The molecule has 0 spiro atoms. The Morgan fingerprint density at radius 3 is 2.93 bits per heavy atom. The summed E-state index contributed by atoms with van der Waals surface area (Å²) in [6, 6.07) is 1.49. The topological polar surface area (TPSA) is 71.2 Å². The van der Waals surface area contributed by atoms with Crippen LogP contribution in [0, 0.1) is 0 Å². The lowest BCUT2D eigenvalue weighted by molar-refractivity contribution is 0.224. The van der Waals surface area contributed by atoms with Gasteiger partial charge in [0.15, 0.2) is 0 Å². The number of rotatable bonds is 2. The summed E-state index contributed by atoms with van der Waals surface area (Å²) in [5.74, 6) is 0.467. The largest absolute Gasteiger partial charge is 0.397 e. The van der Waals surface area contributed by atoms with Gasteiger partial charge in [-0.25, -0.2) is 9.78 Å². The van der Waals surface area contributed by atoms with Gasteiger partial charge in [-0.2, -0.15) is 0 Å². The second-order valence-electron chi connectivity index (χ2n) is 3.04. The van der Waals surface area contributed by atoms with Crippen molar-refractivity contribution < 1.29 is 4.79 Å². The maximum absolute atomic E-state index is 11.5. The van der Waals surface area contributed by atoms with Crippen LogP contribution in [0.2, 0.25) is 0 Å². The Balaban J connectivity index is 2.77. The molecule has 6 heteroatoms. The van der Waals surface area contributed by atoms with Gasteiger partial charge in [-0.3, -0.25) is 5.32 Å². The number of carbonyl (C=O) groups excluding carboxylic acids is 1. The highest BCUT2D eigenvalue weighted by Crippen LogP contribution is 2.21. The third-order valence-corrected chi connectivity index (χ3v) is 2.51. The second kappa shape index (κ2) is 4.97. The summed E-state index contributed by atoms with van der Waals surface area (Å²) in [5.41, 5.74) is 6.07. The van der Waals surface area contributed by atoms with Gasteiger partial charge >= 0.3 is 6.03 Å². The molecule has 0 saturated heterocycles. The van der Waals surface area contributed by atoms with Gasteiger partial charge in [0.05, 0.1) is 16.4 Å². The highest BCUT2D eigenvalue weighted by atomic mass is 79.9. The molecule has 3 N–H and O–H groups in total. The molecule has 0 radical (unpaired) electrons. The molecule has 0 aromatic carbocycles. The van der Waals surface area contributed by atoms with E-state index in [1.807, 2.05) is 6.92 Å². The Kier molecular flexibility index (Phi) is 3.90. The van der Waals surface area contributed by atoms with Crippen molar-refractivity contribution in [2.24, 2.45) is 0 Å². The van der Waals surface area contributed by atoms with Gasteiger partial charge in [0.1, 0.15) is 5.82 Å². The molecule has 0 aliphatic heterocycles. The molecule has 5 nitrogen and oxygen atoms in total. The van der Waals surface area contributed by atoms with Crippen LogP contribution in [0.25, 0.3) is 0 Å². The average molecular weight is 273 g/mol. The van der Waals surface area contributed by atoms with Crippen LogP contribution in [0.1, 0.15) is 6.92 Å². The third kappa shape index (κ3) is 3.09. The first-order chi connectivity index (χ1) is 7.04. The van der Waals surface area contributed by atoms with Gasteiger partial charge in [0.25, 0.3) is 0 Å². The highest BCUT2D eigenvalue weighted by Gasteiger charge is 2.09. The monoisotopic (exact) mass is 272 g/mol. The quantitative estimate of drug-likeness (QED) is 0.864. The molecule has 1 rings (SSSR count). The molecular formula is C9H13BrN4O. The number of urea groups is 1. The lowest BCUT2D eigenvalue weighted by Crippen LogP contribution is -2.31. The van der Waals surface area contributed by atoms with Gasteiger partial charge in [-0.05, 0) is 28.9 Å². The van der Waals surface area contributed by atoms with Gasteiger partial charge in [0, 0.05) is 13.6 Å². The van der Waals surface area contributed by atoms with Crippen LogP contribution in [-0.4, -0.2) is 29.5 Å². The second-order valence-corrected chi connectivity index (χ2v) is 3.90. The summed E-state index contributed by atoms with van der Waals surface area (Å²) < 4.78 is 0.667. The minimum absolute atomic E-state index is 0.199. The first-order valence-electron chi connectivity index (χ1n) is 4.47. The first kappa shape index (κ1) is 11.8. The van der Waals surface area contributed by atoms with E-state index < -0.39 is 0 Å². The van der Waals surface area contributed by atoms with Crippen molar-refractivity contribution in [2.75, 3.05) is 24.6 Å². The Hall–Kier alpha value is -1.30. The number of hydrogen-bond acceptors (Lipinski definition) is 3. The first-order valence-corrected chi connectivity index (χ1v) is 5.27. The van der Waals surface area contributed by atoms with Crippen molar-refractivity contribution in [2.45, 2.75) is 6.92 Å².